The van der Waals surface area contributed by atoms with Gasteiger partial charge in [0.15, 0.2) is 0 Å². The summed E-state index contributed by atoms with van der Waals surface area (Å²) in [7, 11) is -0.199. The molecule has 0 spiro atoms. The Kier molecular flexibility index (Phi) is 4.08. The molecule has 11 heavy (non-hydrogen) atoms. The van der Waals surface area contributed by atoms with Crippen LogP contribution in [-0.2, 0) is 14.0 Å². The fourth-order valence-electron chi connectivity index (χ4n) is 0.833. The largest absolute Gasteiger partial charge is 0.502 e. The summed E-state index contributed by atoms with van der Waals surface area (Å²) < 4.78 is 15.5. The van der Waals surface area contributed by atoms with Crippen LogP contribution in [0.1, 0.15) is 13.3 Å². The highest BCUT2D eigenvalue weighted by Crippen LogP contribution is 2.01. The van der Waals surface area contributed by atoms with E-state index < -0.39 is 0 Å². The summed E-state index contributed by atoms with van der Waals surface area (Å²) in [6.07, 6.45) is 2.61. The van der Waals surface area contributed by atoms with Crippen LogP contribution in [0.3, 0.4) is 0 Å². The van der Waals surface area contributed by atoms with Gasteiger partial charge in [0.1, 0.15) is 0 Å². The van der Waals surface area contributed by atoms with E-state index >= 15 is 0 Å². The van der Waals surface area contributed by atoms with E-state index in [0.29, 0.717) is 6.61 Å². The Labute approximate surface area is 67.5 Å². The first-order valence-corrected chi connectivity index (χ1v) is 3.95. The second kappa shape index (κ2) is 5.21. The molecule has 1 aliphatic rings. The molecule has 0 amide bonds. The predicted molar refractivity (Wildman–Crippen MR) is 43.0 cm³/mol. The lowest BCUT2D eigenvalue weighted by molar-refractivity contribution is 0.141. The molecule has 3 nitrogen and oxygen atoms in total. The molecule has 1 rings (SSSR count). The molecule has 0 aromatic carbocycles. The van der Waals surface area contributed by atoms with Crippen LogP contribution in [-0.4, -0.2) is 26.9 Å². The van der Waals surface area contributed by atoms with E-state index in [1.807, 2.05) is 6.92 Å². The van der Waals surface area contributed by atoms with Gasteiger partial charge >= 0.3 is 7.12 Å². The summed E-state index contributed by atoms with van der Waals surface area (Å²) in [4.78, 5) is 0. The van der Waals surface area contributed by atoms with Gasteiger partial charge in [-0.3, -0.25) is 0 Å². The van der Waals surface area contributed by atoms with Gasteiger partial charge in [-0.2, -0.15) is 0 Å². The van der Waals surface area contributed by atoms with Crippen LogP contribution in [0.25, 0.3) is 0 Å². The van der Waals surface area contributed by atoms with Crippen molar-refractivity contribution < 1.29 is 14.0 Å². The molecule has 0 unspecified atom stereocenters. The molecule has 0 aromatic heterocycles. The molecule has 0 aliphatic carbocycles. The highest BCUT2D eigenvalue weighted by molar-refractivity contribution is 6.50. The third kappa shape index (κ3) is 3.44. The predicted octanol–water partition coefficient (Wildman–Crippen LogP) is 1.00. The summed E-state index contributed by atoms with van der Waals surface area (Å²) in [5, 5.41) is 0. The average Bonchev–Trinajstić information content (AvgIpc) is 2.07. The highest BCUT2D eigenvalue weighted by atomic mass is 16.6. The zero-order valence-corrected chi connectivity index (χ0v) is 6.79. The first-order chi connectivity index (χ1) is 5.43. The van der Waals surface area contributed by atoms with E-state index in [1.165, 1.54) is 0 Å². The van der Waals surface area contributed by atoms with E-state index in [1.54, 1.807) is 12.2 Å². The minimum absolute atomic E-state index is 0.199. The third-order valence-corrected chi connectivity index (χ3v) is 1.35. The quantitative estimate of drug-likeness (QED) is 0.450. The van der Waals surface area contributed by atoms with Gasteiger partial charge in [-0.25, -0.2) is 0 Å². The Morgan fingerprint density at radius 2 is 2.18 bits per heavy atom. The lowest BCUT2D eigenvalue weighted by Crippen LogP contribution is -2.27. The topological polar surface area (TPSA) is 27.7 Å². The fraction of sp³-hybridized carbons (Fsp3) is 0.714. The Balaban J connectivity index is 2.13. The summed E-state index contributed by atoms with van der Waals surface area (Å²) >= 11 is 0. The standard InChI is InChI=1S/C7H13BO3/c1-2-9-7-4-8-10-5-3-6-11-8/h4,7H,2-3,5-6H2,1H3/b7-4+. The van der Waals surface area contributed by atoms with Crippen LogP contribution in [0.15, 0.2) is 12.2 Å². The van der Waals surface area contributed by atoms with Crippen molar-refractivity contribution in [1.82, 2.24) is 0 Å². The van der Waals surface area contributed by atoms with Gasteiger partial charge in [-0.05, 0) is 19.3 Å². The Morgan fingerprint density at radius 3 is 2.82 bits per heavy atom. The molecular weight excluding hydrogens is 143 g/mol. The summed E-state index contributed by atoms with van der Waals surface area (Å²) in [5.74, 6) is 1.78. The molecule has 0 saturated carbocycles. The van der Waals surface area contributed by atoms with Crippen molar-refractivity contribution in [3.8, 4) is 0 Å². The van der Waals surface area contributed by atoms with Crippen molar-refractivity contribution in [3.05, 3.63) is 12.2 Å². The number of hydrogen-bond donors (Lipinski definition) is 0. The Hall–Kier alpha value is -0.475. The van der Waals surface area contributed by atoms with Gasteiger partial charge in [0.2, 0.25) is 0 Å². The smallest absolute Gasteiger partial charge is 0.489 e. The van der Waals surface area contributed by atoms with Gasteiger partial charge in [0.05, 0.1) is 12.9 Å². The molecule has 62 valence electrons. The molecule has 0 atom stereocenters. The van der Waals surface area contributed by atoms with Gasteiger partial charge in [0.25, 0.3) is 0 Å². The highest BCUT2D eigenvalue weighted by Gasteiger charge is 2.17. The minimum atomic E-state index is -0.199. The summed E-state index contributed by atoms with van der Waals surface area (Å²) in [5.41, 5.74) is 0. The molecule has 0 N–H and O–H groups in total. The number of rotatable bonds is 3. The summed E-state index contributed by atoms with van der Waals surface area (Å²) in [6, 6.07) is 0. The summed E-state index contributed by atoms with van der Waals surface area (Å²) in [6.45, 7) is 4.18. The zero-order valence-electron chi connectivity index (χ0n) is 6.79. The van der Waals surface area contributed by atoms with E-state index in [0.717, 1.165) is 19.6 Å². The van der Waals surface area contributed by atoms with Crippen LogP contribution in [0.2, 0.25) is 0 Å². The van der Waals surface area contributed by atoms with Crippen LogP contribution in [0.4, 0.5) is 0 Å². The number of ether oxygens (including phenoxy) is 1. The van der Waals surface area contributed by atoms with Crippen molar-refractivity contribution in [2.24, 2.45) is 0 Å². The maximum absolute atomic E-state index is 5.24. The molecule has 1 fully saturated rings. The maximum atomic E-state index is 5.24. The average molecular weight is 156 g/mol. The van der Waals surface area contributed by atoms with Gasteiger partial charge in [0, 0.05) is 13.2 Å². The van der Waals surface area contributed by atoms with Crippen LogP contribution in [0.5, 0.6) is 0 Å². The molecule has 1 aliphatic heterocycles. The minimum Gasteiger partial charge on any atom is -0.502 e. The Morgan fingerprint density at radius 1 is 1.45 bits per heavy atom. The van der Waals surface area contributed by atoms with Crippen molar-refractivity contribution in [1.29, 1.82) is 0 Å². The van der Waals surface area contributed by atoms with Crippen molar-refractivity contribution >= 4 is 7.12 Å². The van der Waals surface area contributed by atoms with E-state index in [2.05, 4.69) is 0 Å². The van der Waals surface area contributed by atoms with Crippen LogP contribution < -0.4 is 0 Å². The lowest BCUT2D eigenvalue weighted by Gasteiger charge is -2.16. The SMILES string of the molecule is CCO/C=C/B1OCCCO1. The zero-order chi connectivity index (χ0) is 7.94. The van der Waals surface area contributed by atoms with Gasteiger partial charge < -0.3 is 14.0 Å². The third-order valence-electron chi connectivity index (χ3n) is 1.35. The van der Waals surface area contributed by atoms with Gasteiger partial charge in [-0.15, -0.1) is 0 Å². The number of hydrogen-bond acceptors (Lipinski definition) is 3. The fourth-order valence-corrected chi connectivity index (χ4v) is 0.833. The molecule has 0 aromatic rings. The molecule has 1 heterocycles. The molecular formula is C7H13BO3. The van der Waals surface area contributed by atoms with E-state index in [4.69, 9.17) is 14.0 Å². The lowest BCUT2D eigenvalue weighted by atomic mass is 9.89. The normalized spacial score (nSPS) is 19.2. The first kappa shape index (κ1) is 8.62. The van der Waals surface area contributed by atoms with Gasteiger partial charge in [-0.1, -0.05) is 0 Å². The van der Waals surface area contributed by atoms with Crippen molar-refractivity contribution in [2.45, 2.75) is 13.3 Å². The van der Waals surface area contributed by atoms with Crippen molar-refractivity contribution in [3.63, 3.8) is 0 Å². The van der Waals surface area contributed by atoms with E-state index in [-0.39, 0.29) is 7.12 Å². The second-order valence-corrected chi connectivity index (χ2v) is 2.25. The maximum Gasteiger partial charge on any atom is 0.489 e. The van der Waals surface area contributed by atoms with Crippen molar-refractivity contribution in [2.75, 3.05) is 19.8 Å². The second-order valence-electron chi connectivity index (χ2n) is 2.25. The molecule has 0 bridgehead atoms. The van der Waals surface area contributed by atoms with Crippen LogP contribution >= 0.6 is 0 Å². The monoisotopic (exact) mass is 156 g/mol. The van der Waals surface area contributed by atoms with E-state index in [9.17, 15) is 0 Å². The first-order valence-electron chi connectivity index (χ1n) is 3.95. The Bertz CT molecular complexity index is 121. The molecule has 0 radical (unpaired) electrons. The molecule has 4 heteroatoms. The van der Waals surface area contributed by atoms with Crippen LogP contribution in [0, 0.1) is 0 Å². The molecule has 1 saturated heterocycles.